The molecule has 4 aromatic carbocycles. The van der Waals surface area contributed by atoms with Crippen LogP contribution in [0.3, 0.4) is 0 Å². The number of nitrogens with zero attached hydrogens (tertiary/aromatic N) is 6. The van der Waals surface area contributed by atoms with Crippen LogP contribution in [0.15, 0.2) is 101 Å². The summed E-state index contributed by atoms with van der Waals surface area (Å²) in [6.45, 7) is -0.374. The molecule has 0 saturated carbocycles. The monoisotopic (exact) mass is 554 g/mol. The minimum Gasteiger partial charge on any atom is -0.385 e. The minimum atomic E-state index is -3.68. The zero-order chi connectivity index (χ0) is 27.9. The Morgan fingerprint density at radius 1 is 0.950 bits per heavy atom. The number of benzene rings is 4. The van der Waals surface area contributed by atoms with Gasteiger partial charge in [0.15, 0.2) is 6.61 Å². The van der Waals surface area contributed by atoms with Gasteiger partial charge in [-0.1, -0.05) is 71.6 Å². The highest BCUT2D eigenvalue weighted by Crippen LogP contribution is 2.33. The fraction of sp³-hybridized carbons (Fsp3) is 0.172. The van der Waals surface area contributed by atoms with Gasteiger partial charge in [0.1, 0.15) is 11.0 Å². The van der Waals surface area contributed by atoms with E-state index in [0.29, 0.717) is 17.5 Å². The van der Waals surface area contributed by atoms with Gasteiger partial charge in [-0.3, -0.25) is 4.79 Å². The minimum absolute atomic E-state index is 0.0665. The molecule has 1 aliphatic heterocycles. The van der Waals surface area contributed by atoms with E-state index >= 15 is 0 Å². The third kappa shape index (κ3) is 4.69. The van der Waals surface area contributed by atoms with Gasteiger partial charge in [0.25, 0.3) is 5.91 Å². The summed E-state index contributed by atoms with van der Waals surface area (Å²) in [5.41, 5.74) is 3.48. The maximum atomic E-state index is 13.5. The second-order valence-corrected chi connectivity index (χ2v) is 11.8. The highest BCUT2D eigenvalue weighted by Gasteiger charge is 2.33. The third-order valence-corrected chi connectivity index (χ3v) is 8.72. The Hall–Kier alpha value is -4.61. The number of carbonyl (C=O) groups is 1. The molecule has 0 unspecified atom stereocenters. The van der Waals surface area contributed by atoms with Gasteiger partial charge in [-0.05, 0) is 51.4 Å². The van der Waals surface area contributed by atoms with E-state index in [4.69, 9.17) is 9.94 Å². The van der Waals surface area contributed by atoms with Crippen molar-refractivity contribution in [3.8, 4) is 0 Å². The highest BCUT2D eigenvalue weighted by atomic mass is 32.2. The van der Waals surface area contributed by atoms with E-state index in [1.165, 1.54) is 31.2 Å². The van der Waals surface area contributed by atoms with E-state index in [9.17, 15) is 13.2 Å². The molecule has 0 bridgehead atoms. The Morgan fingerprint density at radius 3 is 2.48 bits per heavy atom. The van der Waals surface area contributed by atoms with E-state index in [0.717, 1.165) is 36.8 Å². The Kier molecular flexibility index (Phi) is 6.53. The Labute approximate surface area is 231 Å². The maximum absolute atomic E-state index is 13.5. The number of sulfonamides is 1. The van der Waals surface area contributed by atoms with Crippen molar-refractivity contribution < 1.29 is 18.0 Å². The lowest BCUT2D eigenvalue weighted by Gasteiger charge is -2.21. The van der Waals surface area contributed by atoms with Gasteiger partial charge in [-0.25, -0.2) is 17.7 Å². The predicted molar refractivity (Wildman–Crippen MR) is 151 cm³/mol. The van der Waals surface area contributed by atoms with E-state index in [-0.39, 0.29) is 23.5 Å². The van der Waals surface area contributed by atoms with Crippen LogP contribution in [-0.2, 0) is 14.8 Å². The van der Waals surface area contributed by atoms with Crippen molar-refractivity contribution in [3.05, 3.63) is 102 Å². The fourth-order valence-corrected chi connectivity index (χ4v) is 5.67. The molecular weight excluding hydrogens is 528 g/mol. The van der Waals surface area contributed by atoms with Crippen LogP contribution in [0.1, 0.15) is 23.6 Å². The second kappa shape index (κ2) is 10.2. The average Bonchev–Trinajstić information content (AvgIpc) is 3.61. The van der Waals surface area contributed by atoms with Crippen LogP contribution in [-0.4, -0.2) is 65.2 Å². The summed E-state index contributed by atoms with van der Waals surface area (Å²) in [4.78, 5) is 20.4. The van der Waals surface area contributed by atoms with Crippen molar-refractivity contribution in [1.29, 1.82) is 0 Å². The summed E-state index contributed by atoms with van der Waals surface area (Å²) in [7, 11) is -0.767. The zero-order valence-electron chi connectivity index (χ0n) is 21.9. The summed E-state index contributed by atoms with van der Waals surface area (Å²) in [6, 6.07) is 28.1. The van der Waals surface area contributed by atoms with Crippen molar-refractivity contribution in [2.24, 2.45) is 5.10 Å². The van der Waals surface area contributed by atoms with E-state index < -0.39 is 10.0 Å². The molecule has 202 valence electrons. The first-order chi connectivity index (χ1) is 19.3. The normalized spacial score (nSPS) is 15.6. The molecule has 5 aromatic rings. The molecule has 10 nitrogen and oxygen atoms in total. The molecule has 0 radical (unpaired) electrons. The number of amides is 1. The standard InChI is InChI=1S/C29H26N6O4S/c1-33(2)40(37,38)24-14-15-25-28(17-24)35(32-30-25)39-19-29(36)34-27(21-9-4-3-5-10-21)18-26(31-34)23-13-12-20-8-6-7-11-22(20)16-23/h3-17,27H,18-19H2,1-2H3/t27-/m0/s1. The van der Waals surface area contributed by atoms with Gasteiger partial charge >= 0.3 is 0 Å². The molecule has 0 aliphatic carbocycles. The number of carbonyl (C=O) groups excluding carboxylic acids is 1. The third-order valence-electron chi connectivity index (χ3n) is 6.91. The van der Waals surface area contributed by atoms with Crippen LogP contribution in [0.2, 0.25) is 0 Å². The zero-order valence-corrected chi connectivity index (χ0v) is 22.7. The number of rotatable bonds is 7. The first kappa shape index (κ1) is 25.7. The first-order valence-corrected chi connectivity index (χ1v) is 14.1. The topological polar surface area (TPSA) is 110 Å². The molecule has 2 heterocycles. The smallest absolute Gasteiger partial charge is 0.283 e. The molecule has 0 N–H and O–H groups in total. The van der Waals surface area contributed by atoms with Crippen molar-refractivity contribution in [2.75, 3.05) is 20.7 Å². The molecule has 0 fully saturated rings. The molecule has 1 amide bonds. The summed E-state index contributed by atoms with van der Waals surface area (Å²) in [5.74, 6) is -0.370. The molecule has 1 aromatic heterocycles. The number of fused-ring (bicyclic) bond motifs is 2. The largest absolute Gasteiger partial charge is 0.385 e. The van der Waals surface area contributed by atoms with Crippen LogP contribution in [0.5, 0.6) is 0 Å². The lowest BCUT2D eigenvalue weighted by molar-refractivity contribution is -0.138. The summed E-state index contributed by atoms with van der Waals surface area (Å²) in [5, 5.41) is 16.4. The van der Waals surface area contributed by atoms with Crippen molar-refractivity contribution >= 4 is 43.4 Å². The molecule has 0 spiro atoms. The van der Waals surface area contributed by atoms with Crippen LogP contribution in [0.25, 0.3) is 21.8 Å². The molecule has 40 heavy (non-hydrogen) atoms. The number of hydrazone groups is 1. The highest BCUT2D eigenvalue weighted by molar-refractivity contribution is 7.89. The van der Waals surface area contributed by atoms with Crippen molar-refractivity contribution in [2.45, 2.75) is 17.4 Å². The van der Waals surface area contributed by atoms with E-state index in [1.807, 2.05) is 48.5 Å². The fourth-order valence-electron chi connectivity index (χ4n) is 4.75. The SMILES string of the molecule is CN(C)S(=O)(=O)c1ccc2nnn(OCC(=O)N3N=C(c4ccc5ccccc5c4)C[C@H]3c3ccccc3)c2c1. The van der Waals surface area contributed by atoms with Crippen LogP contribution < -0.4 is 4.84 Å². The molecular formula is C29H26N6O4S. The van der Waals surface area contributed by atoms with E-state index in [2.05, 4.69) is 34.6 Å². The Balaban J connectivity index is 1.28. The van der Waals surface area contributed by atoms with Crippen molar-refractivity contribution in [3.63, 3.8) is 0 Å². The van der Waals surface area contributed by atoms with E-state index in [1.54, 1.807) is 6.07 Å². The predicted octanol–water partition coefficient (Wildman–Crippen LogP) is 3.64. The van der Waals surface area contributed by atoms with Crippen LogP contribution >= 0.6 is 0 Å². The second-order valence-electron chi connectivity index (χ2n) is 9.65. The summed E-state index contributed by atoms with van der Waals surface area (Å²) in [6.07, 6.45) is 0.548. The van der Waals surface area contributed by atoms with Gasteiger partial charge in [0.05, 0.1) is 16.6 Å². The number of aromatic nitrogens is 3. The molecule has 1 atom stereocenters. The summed E-state index contributed by atoms with van der Waals surface area (Å²) < 4.78 is 26.3. The maximum Gasteiger partial charge on any atom is 0.283 e. The van der Waals surface area contributed by atoms with Gasteiger partial charge in [-0.15, -0.1) is 5.10 Å². The van der Waals surface area contributed by atoms with Crippen molar-refractivity contribution in [1.82, 2.24) is 24.5 Å². The number of hydrogen-bond acceptors (Lipinski definition) is 7. The van der Waals surface area contributed by atoms with Crippen LogP contribution in [0.4, 0.5) is 0 Å². The Bertz CT molecular complexity index is 1870. The lowest BCUT2D eigenvalue weighted by atomic mass is 9.97. The average molecular weight is 555 g/mol. The lowest BCUT2D eigenvalue weighted by Crippen LogP contribution is -2.34. The molecule has 1 aliphatic rings. The molecule has 11 heteroatoms. The molecule has 6 rings (SSSR count). The summed E-state index contributed by atoms with van der Waals surface area (Å²) >= 11 is 0. The van der Waals surface area contributed by atoms with Gasteiger partial charge < -0.3 is 4.84 Å². The van der Waals surface area contributed by atoms with Gasteiger partial charge in [-0.2, -0.15) is 5.10 Å². The quantitative estimate of drug-likeness (QED) is 0.304. The van der Waals surface area contributed by atoms with Crippen LogP contribution in [0, 0.1) is 0 Å². The first-order valence-electron chi connectivity index (χ1n) is 12.7. The molecule has 0 saturated heterocycles. The van der Waals surface area contributed by atoms with Gasteiger partial charge in [0.2, 0.25) is 10.0 Å². The number of hydrogen-bond donors (Lipinski definition) is 0. The Morgan fingerprint density at radius 2 is 1.70 bits per heavy atom. The van der Waals surface area contributed by atoms with Gasteiger partial charge in [0, 0.05) is 20.5 Å².